The molecule has 1 aromatic heterocycles. The van der Waals surface area contributed by atoms with Crippen LogP contribution in [0.3, 0.4) is 0 Å². The topological polar surface area (TPSA) is 62.3 Å². The van der Waals surface area contributed by atoms with Gasteiger partial charge in [0.2, 0.25) is 5.91 Å². The molecular weight excluding hydrogens is 334 g/mol. The Bertz CT molecular complexity index is 780. The summed E-state index contributed by atoms with van der Waals surface area (Å²) in [4.78, 5) is 31.5. The fourth-order valence-electron chi connectivity index (χ4n) is 2.81. The highest BCUT2D eigenvalue weighted by atomic mass is 32.1. The first-order valence-electron chi connectivity index (χ1n) is 8.60. The molecule has 1 aromatic carbocycles. The molecule has 2 aromatic rings. The van der Waals surface area contributed by atoms with Gasteiger partial charge in [0.1, 0.15) is 4.88 Å². The smallest absolute Gasteiger partial charge is 0.263 e. The molecule has 1 aliphatic rings. The van der Waals surface area contributed by atoms with Crippen LogP contribution in [0.2, 0.25) is 0 Å². The second kappa shape index (κ2) is 7.35. The van der Waals surface area contributed by atoms with Gasteiger partial charge in [-0.2, -0.15) is 0 Å². The lowest BCUT2D eigenvalue weighted by molar-refractivity contribution is -0.117. The van der Waals surface area contributed by atoms with Crippen molar-refractivity contribution in [2.24, 2.45) is 0 Å². The zero-order chi connectivity index (χ0) is 18.0. The van der Waals surface area contributed by atoms with Crippen molar-refractivity contribution >= 4 is 28.3 Å². The Labute approximate surface area is 152 Å². The van der Waals surface area contributed by atoms with Crippen molar-refractivity contribution in [1.29, 1.82) is 0 Å². The Morgan fingerprint density at radius 3 is 2.64 bits per heavy atom. The third-order valence-electron chi connectivity index (χ3n) is 4.27. The van der Waals surface area contributed by atoms with Gasteiger partial charge in [-0.3, -0.25) is 14.5 Å². The van der Waals surface area contributed by atoms with Gasteiger partial charge in [0.15, 0.2) is 5.13 Å². The van der Waals surface area contributed by atoms with Crippen molar-refractivity contribution in [2.45, 2.75) is 46.1 Å². The Balaban J connectivity index is 1.77. The lowest BCUT2D eigenvalue weighted by Crippen LogP contribution is -2.23. The molecule has 1 N–H and O–H groups in total. The number of nitrogens with zero attached hydrogens (tertiary/aromatic N) is 2. The van der Waals surface area contributed by atoms with Crippen molar-refractivity contribution in [3.05, 3.63) is 46.0 Å². The van der Waals surface area contributed by atoms with Crippen LogP contribution in [0.25, 0.3) is 0 Å². The number of hydrogen-bond acceptors (Lipinski definition) is 4. The van der Waals surface area contributed by atoms with E-state index in [2.05, 4.69) is 10.3 Å². The van der Waals surface area contributed by atoms with Crippen LogP contribution in [-0.4, -0.2) is 23.3 Å². The largest absolute Gasteiger partial charge is 0.347 e. The number of benzene rings is 1. The normalized spacial score (nSPS) is 14.4. The predicted molar refractivity (Wildman–Crippen MR) is 100 cm³/mol. The number of hydrogen-bond donors (Lipinski definition) is 1. The number of carbonyl (C=O) groups is 2. The van der Waals surface area contributed by atoms with E-state index in [0.29, 0.717) is 29.5 Å². The van der Waals surface area contributed by atoms with Gasteiger partial charge < -0.3 is 5.32 Å². The van der Waals surface area contributed by atoms with E-state index in [0.717, 1.165) is 17.7 Å². The van der Waals surface area contributed by atoms with Crippen LogP contribution >= 0.6 is 11.3 Å². The summed E-state index contributed by atoms with van der Waals surface area (Å²) in [6.45, 7) is 7.24. The van der Waals surface area contributed by atoms with E-state index in [1.54, 1.807) is 4.90 Å². The SMILES string of the molecule is Cc1ccc(CNC(=O)c2sc(N3CCCC3=O)nc2C(C)C)cc1. The number of thiazole rings is 1. The predicted octanol–water partition coefficient (Wildman–Crippen LogP) is 3.63. The van der Waals surface area contributed by atoms with E-state index in [1.807, 2.05) is 45.0 Å². The van der Waals surface area contributed by atoms with Gasteiger partial charge in [0.25, 0.3) is 5.91 Å². The maximum absolute atomic E-state index is 12.7. The van der Waals surface area contributed by atoms with Gasteiger partial charge in [-0.15, -0.1) is 0 Å². The molecule has 25 heavy (non-hydrogen) atoms. The van der Waals surface area contributed by atoms with Gasteiger partial charge in [-0.1, -0.05) is 55.0 Å². The number of aromatic nitrogens is 1. The average molecular weight is 357 g/mol. The molecule has 1 aliphatic heterocycles. The molecule has 132 valence electrons. The van der Waals surface area contributed by atoms with Crippen molar-refractivity contribution in [3.8, 4) is 0 Å². The molecule has 0 aliphatic carbocycles. The highest BCUT2D eigenvalue weighted by molar-refractivity contribution is 7.17. The number of anilines is 1. The van der Waals surface area contributed by atoms with E-state index in [4.69, 9.17) is 0 Å². The van der Waals surface area contributed by atoms with Crippen LogP contribution < -0.4 is 10.2 Å². The van der Waals surface area contributed by atoms with Crippen LogP contribution in [0.1, 0.15) is 59.1 Å². The maximum atomic E-state index is 12.7. The second-order valence-corrected chi connectivity index (χ2v) is 7.66. The summed E-state index contributed by atoms with van der Waals surface area (Å²) in [6, 6.07) is 8.09. The molecule has 5 nitrogen and oxygen atoms in total. The third kappa shape index (κ3) is 3.90. The Kier molecular flexibility index (Phi) is 5.18. The molecule has 6 heteroatoms. The number of aryl methyl sites for hydroxylation is 1. The van der Waals surface area contributed by atoms with Gasteiger partial charge in [0, 0.05) is 19.5 Å². The minimum Gasteiger partial charge on any atom is -0.347 e. The van der Waals surface area contributed by atoms with Gasteiger partial charge >= 0.3 is 0 Å². The third-order valence-corrected chi connectivity index (χ3v) is 5.37. The number of rotatable bonds is 5. The number of carbonyl (C=O) groups excluding carboxylic acids is 2. The highest BCUT2D eigenvalue weighted by Gasteiger charge is 2.28. The minimum absolute atomic E-state index is 0.0932. The molecule has 0 radical (unpaired) electrons. The standard InChI is InChI=1S/C19H23N3O2S/c1-12(2)16-17(25-19(21-16)22-10-4-5-15(22)23)18(24)20-11-14-8-6-13(3)7-9-14/h6-9,12H,4-5,10-11H2,1-3H3,(H,20,24). The van der Waals surface area contributed by atoms with Crippen LogP contribution in [0.4, 0.5) is 5.13 Å². The molecule has 2 heterocycles. The van der Waals surface area contributed by atoms with E-state index >= 15 is 0 Å². The van der Waals surface area contributed by atoms with Crippen molar-refractivity contribution in [2.75, 3.05) is 11.4 Å². The summed E-state index contributed by atoms with van der Waals surface area (Å²) < 4.78 is 0. The monoisotopic (exact) mass is 357 g/mol. The lowest BCUT2D eigenvalue weighted by atomic mass is 10.1. The molecule has 3 rings (SSSR count). The summed E-state index contributed by atoms with van der Waals surface area (Å²) in [5, 5.41) is 3.62. The van der Waals surface area contributed by atoms with Crippen molar-refractivity contribution in [1.82, 2.24) is 10.3 Å². The first-order chi connectivity index (χ1) is 12.0. The minimum atomic E-state index is -0.125. The van der Waals surface area contributed by atoms with Crippen LogP contribution in [0.5, 0.6) is 0 Å². The number of amides is 2. The summed E-state index contributed by atoms with van der Waals surface area (Å²) in [7, 11) is 0. The van der Waals surface area contributed by atoms with Gasteiger partial charge in [-0.05, 0) is 24.8 Å². The first-order valence-corrected chi connectivity index (χ1v) is 9.42. The zero-order valence-corrected chi connectivity index (χ0v) is 15.7. The fraction of sp³-hybridized carbons (Fsp3) is 0.421. The zero-order valence-electron chi connectivity index (χ0n) is 14.8. The second-order valence-electron chi connectivity index (χ2n) is 6.68. The lowest BCUT2D eigenvalue weighted by Gasteiger charge is -2.10. The van der Waals surface area contributed by atoms with Gasteiger partial charge in [-0.25, -0.2) is 4.98 Å². The van der Waals surface area contributed by atoms with Gasteiger partial charge in [0.05, 0.1) is 5.69 Å². The summed E-state index contributed by atoms with van der Waals surface area (Å²) >= 11 is 1.32. The van der Waals surface area contributed by atoms with Crippen molar-refractivity contribution < 1.29 is 9.59 Å². The van der Waals surface area contributed by atoms with Crippen LogP contribution in [0.15, 0.2) is 24.3 Å². The van der Waals surface area contributed by atoms with Crippen LogP contribution in [-0.2, 0) is 11.3 Å². The molecule has 0 bridgehead atoms. The molecule has 1 saturated heterocycles. The molecule has 2 amide bonds. The Morgan fingerprint density at radius 2 is 2.04 bits per heavy atom. The Hall–Kier alpha value is -2.21. The highest BCUT2D eigenvalue weighted by Crippen LogP contribution is 2.32. The van der Waals surface area contributed by atoms with E-state index in [9.17, 15) is 9.59 Å². The molecule has 0 atom stereocenters. The quantitative estimate of drug-likeness (QED) is 0.889. The Morgan fingerprint density at radius 1 is 1.32 bits per heavy atom. The fourth-order valence-corrected chi connectivity index (χ4v) is 3.99. The molecule has 0 saturated carbocycles. The number of nitrogens with one attached hydrogen (secondary N) is 1. The average Bonchev–Trinajstić information content (AvgIpc) is 3.20. The van der Waals surface area contributed by atoms with E-state index in [1.165, 1.54) is 16.9 Å². The summed E-state index contributed by atoms with van der Waals surface area (Å²) in [5.74, 6) is 0.0955. The van der Waals surface area contributed by atoms with Crippen LogP contribution in [0, 0.1) is 6.92 Å². The maximum Gasteiger partial charge on any atom is 0.263 e. The summed E-state index contributed by atoms with van der Waals surface area (Å²) in [5.41, 5.74) is 3.02. The molecule has 0 unspecified atom stereocenters. The molecule has 0 spiro atoms. The molecular formula is C19H23N3O2S. The first kappa shape index (κ1) is 17.6. The molecule has 1 fully saturated rings. The summed E-state index contributed by atoms with van der Waals surface area (Å²) in [6.07, 6.45) is 1.41. The van der Waals surface area contributed by atoms with Crippen molar-refractivity contribution in [3.63, 3.8) is 0 Å². The van der Waals surface area contributed by atoms with E-state index in [-0.39, 0.29) is 17.7 Å². The van der Waals surface area contributed by atoms with E-state index < -0.39 is 0 Å².